The van der Waals surface area contributed by atoms with Crippen LogP contribution < -0.4 is 0 Å². The minimum atomic E-state index is 0.925. The fourth-order valence-corrected chi connectivity index (χ4v) is 1.93. The molecule has 0 aliphatic heterocycles. The first-order valence-corrected chi connectivity index (χ1v) is 6.15. The molecule has 0 heteroatoms. The van der Waals surface area contributed by atoms with Crippen LogP contribution in [0.15, 0.2) is 0 Å². The summed E-state index contributed by atoms with van der Waals surface area (Å²) in [5, 5.41) is 0. The fraction of sp³-hybridized carbons (Fsp3) is 1.00. The standard InChI is InChI=1S/C13H28/c1-6-11(4)9-10-13(8-3)12(5)7-2/h11-13H,6-10H2,1-5H3. The Morgan fingerprint density at radius 1 is 0.769 bits per heavy atom. The van der Waals surface area contributed by atoms with Crippen molar-refractivity contribution >= 4 is 0 Å². The van der Waals surface area contributed by atoms with Crippen molar-refractivity contribution in [3.05, 3.63) is 0 Å². The Bertz CT molecular complexity index is 107. The molecule has 0 N–H and O–H groups in total. The minimum Gasteiger partial charge on any atom is -0.0651 e. The highest BCUT2D eigenvalue weighted by atomic mass is 14.2. The summed E-state index contributed by atoms with van der Waals surface area (Å²) in [5.74, 6) is 2.83. The van der Waals surface area contributed by atoms with Crippen molar-refractivity contribution in [3.8, 4) is 0 Å². The molecule has 0 aromatic carbocycles. The number of hydrogen-bond donors (Lipinski definition) is 0. The van der Waals surface area contributed by atoms with Gasteiger partial charge in [-0.05, 0) is 24.2 Å². The van der Waals surface area contributed by atoms with E-state index in [0.717, 1.165) is 17.8 Å². The topological polar surface area (TPSA) is 0 Å². The van der Waals surface area contributed by atoms with Crippen LogP contribution in [0.3, 0.4) is 0 Å². The van der Waals surface area contributed by atoms with Crippen molar-refractivity contribution in [3.63, 3.8) is 0 Å². The van der Waals surface area contributed by atoms with Gasteiger partial charge in [0.05, 0.1) is 0 Å². The summed E-state index contributed by atoms with van der Waals surface area (Å²) in [6.45, 7) is 11.7. The SMILES string of the molecule is CCC(C)CCC(CC)C(C)CC. The Morgan fingerprint density at radius 2 is 1.38 bits per heavy atom. The van der Waals surface area contributed by atoms with Gasteiger partial charge >= 0.3 is 0 Å². The summed E-state index contributed by atoms with van der Waals surface area (Å²) in [4.78, 5) is 0. The van der Waals surface area contributed by atoms with Gasteiger partial charge in [-0.2, -0.15) is 0 Å². The van der Waals surface area contributed by atoms with Crippen molar-refractivity contribution < 1.29 is 0 Å². The van der Waals surface area contributed by atoms with Gasteiger partial charge in [0, 0.05) is 0 Å². The van der Waals surface area contributed by atoms with Crippen LogP contribution >= 0.6 is 0 Å². The van der Waals surface area contributed by atoms with Crippen LogP contribution in [0.25, 0.3) is 0 Å². The zero-order valence-electron chi connectivity index (χ0n) is 10.3. The van der Waals surface area contributed by atoms with E-state index in [2.05, 4.69) is 34.6 Å². The van der Waals surface area contributed by atoms with Gasteiger partial charge in [0.2, 0.25) is 0 Å². The van der Waals surface area contributed by atoms with E-state index < -0.39 is 0 Å². The smallest absolute Gasteiger partial charge is 0.0391 e. The van der Waals surface area contributed by atoms with Crippen LogP contribution in [-0.2, 0) is 0 Å². The van der Waals surface area contributed by atoms with Crippen molar-refractivity contribution in [2.75, 3.05) is 0 Å². The Kier molecular flexibility index (Phi) is 7.41. The van der Waals surface area contributed by atoms with Gasteiger partial charge in [-0.1, -0.05) is 60.3 Å². The van der Waals surface area contributed by atoms with Crippen LogP contribution in [0.2, 0.25) is 0 Å². The molecule has 0 aromatic rings. The van der Waals surface area contributed by atoms with Crippen molar-refractivity contribution in [2.45, 2.75) is 66.7 Å². The molecule has 0 bridgehead atoms. The van der Waals surface area contributed by atoms with E-state index in [0.29, 0.717) is 0 Å². The molecule has 0 fully saturated rings. The molecule has 0 radical (unpaired) electrons. The second-order valence-electron chi connectivity index (χ2n) is 4.64. The molecule has 0 aliphatic carbocycles. The molecular weight excluding hydrogens is 156 g/mol. The lowest BCUT2D eigenvalue weighted by molar-refractivity contribution is 0.291. The average molecular weight is 184 g/mol. The van der Waals surface area contributed by atoms with Gasteiger partial charge in [-0.15, -0.1) is 0 Å². The van der Waals surface area contributed by atoms with Gasteiger partial charge in [-0.3, -0.25) is 0 Å². The largest absolute Gasteiger partial charge is 0.0651 e. The Balaban J connectivity index is 3.71. The molecule has 0 aromatic heterocycles. The van der Waals surface area contributed by atoms with Crippen LogP contribution in [0.5, 0.6) is 0 Å². The molecule has 3 atom stereocenters. The third-order valence-corrected chi connectivity index (χ3v) is 3.70. The predicted octanol–water partition coefficient (Wildman–Crippen LogP) is 4.89. The summed E-state index contributed by atoms with van der Waals surface area (Å²) in [5.41, 5.74) is 0. The molecule has 0 aliphatic rings. The van der Waals surface area contributed by atoms with Crippen LogP contribution in [0, 0.1) is 17.8 Å². The van der Waals surface area contributed by atoms with Crippen molar-refractivity contribution in [1.82, 2.24) is 0 Å². The molecule has 0 saturated heterocycles. The van der Waals surface area contributed by atoms with E-state index in [1.54, 1.807) is 0 Å². The lowest BCUT2D eigenvalue weighted by Crippen LogP contribution is -2.11. The second kappa shape index (κ2) is 7.41. The highest BCUT2D eigenvalue weighted by Crippen LogP contribution is 2.26. The zero-order valence-corrected chi connectivity index (χ0v) is 10.3. The average Bonchev–Trinajstić information content (AvgIpc) is 2.17. The summed E-state index contributed by atoms with van der Waals surface area (Å²) < 4.78 is 0. The third kappa shape index (κ3) is 5.33. The molecule has 0 saturated carbocycles. The predicted molar refractivity (Wildman–Crippen MR) is 61.9 cm³/mol. The van der Waals surface area contributed by atoms with E-state index in [1.807, 2.05) is 0 Å². The maximum absolute atomic E-state index is 2.41. The first-order chi connectivity index (χ1) is 6.15. The van der Waals surface area contributed by atoms with Gasteiger partial charge in [0.1, 0.15) is 0 Å². The second-order valence-corrected chi connectivity index (χ2v) is 4.64. The number of hydrogen-bond acceptors (Lipinski definition) is 0. The molecule has 13 heavy (non-hydrogen) atoms. The van der Waals surface area contributed by atoms with Crippen LogP contribution in [0.1, 0.15) is 66.7 Å². The molecule has 0 rings (SSSR count). The normalized spacial score (nSPS) is 18.2. The third-order valence-electron chi connectivity index (χ3n) is 3.70. The Labute approximate surface area is 85.1 Å². The van der Waals surface area contributed by atoms with Crippen LogP contribution in [-0.4, -0.2) is 0 Å². The lowest BCUT2D eigenvalue weighted by Gasteiger charge is -2.22. The lowest BCUT2D eigenvalue weighted by atomic mass is 9.84. The van der Waals surface area contributed by atoms with Gasteiger partial charge < -0.3 is 0 Å². The maximum Gasteiger partial charge on any atom is -0.0391 e. The summed E-state index contributed by atoms with van der Waals surface area (Å²) in [6.07, 6.45) is 6.93. The van der Waals surface area contributed by atoms with E-state index >= 15 is 0 Å². The van der Waals surface area contributed by atoms with E-state index in [-0.39, 0.29) is 0 Å². The van der Waals surface area contributed by atoms with E-state index in [9.17, 15) is 0 Å². The van der Waals surface area contributed by atoms with Crippen molar-refractivity contribution in [2.24, 2.45) is 17.8 Å². The summed E-state index contributed by atoms with van der Waals surface area (Å²) in [7, 11) is 0. The Morgan fingerprint density at radius 3 is 1.77 bits per heavy atom. The Hall–Kier alpha value is 0. The molecule has 3 unspecified atom stereocenters. The summed E-state index contributed by atoms with van der Waals surface area (Å²) >= 11 is 0. The van der Waals surface area contributed by atoms with E-state index in [1.165, 1.54) is 32.1 Å². The monoisotopic (exact) mass is 184 g/mol. The molecule has 0 heterocycles. The highest BCUT2D eigenvalue weighted by molar-refractivity contribution is 4.65. The quantitative estimate of drug-likeness (QED) is 0.528. The molecule has 80 valence electrons. The highest BCUT2D eigenvalue weighted by Gasteiger charge is 2.14. The fourth-order valence-electron chi connectivity index (χ4n) is 1.93. The molecular formula is C13H28. The first kappa shape index (κ1) is 13.0. The minimum absolute atomic E-state index is 0.925. The van der Waals surface area contributed by atoms with Gasteiger partial charge in [0.15, 0.2) is 0 Å². The molecule has 0 nitrogen and oxygen atoms in total. The summed E-state index contributed by atoms with van der Waals surface area (Å²) in [6, 6.07) is 0. The van der Waals surface area contributed by atoms with Gasteiger partial charge in [0.25, 0.3) is 0 Å². The zero-order chi connectivity index (χ0) is 10.3. The van der Waals surface area contributed by atoms with Gasteiger partial charge in [-0.25, -0.2) is 0 Å². The molecule has 0 spiro atoms. The number of rotatable bonds is 7. The van der Waals surface area contributed by atoms with Crippen molar-refractivity contribution in [1.29, 1.82) is 0 Å². The maximum atomic E-state index is 2.41. The molecule has 0 amide bonds. The van der Waals surface area contributed by atoms with E-state index in [4.69, 9.17) is 0 Å². The van der Waals surface area contributed by atoms with Crippen LogP contribution in [0.4, 0.5) is 0 Å². The first-order valence-electron chi connectivity index (χ1n) is 6.15.